The number of hydrogen-bond donors (Lipinski definition) is 0. The van der Waals surface area contributed by atoms with E-state index in [4.69, 9.17) is 4.42 Å². The van der Waals surface area contributed by atoms with Gasteiger partial charge in [0.1, 0.15) is 0 Å². The number of hydrogen-bond acceptors (Lipinski definition) is 6. The molecule has 1 aromatic carbocycles. The summed E-state index contributed by atoms with van der Waals surface area (Å²) in [5, 5.41) is 9.54. The maximum atomic E-state index is 5.45. The van der Waals surface area contributed by atoms with Gasteiger partial charge in [0.2, 0.25) is 5.82 Å². The molecule has 160 valence electrons. The summed E-state index contributed by atoms with van der Waals surface area (Å²) in [5.41, 5.74) is 2.77. The highest BCUT2D eigenvalue weighted by Gasteiger charge is 2.60. The minimum atomic E-state index is 0. The molecule has 5 rings (SSSR count). The van der Waals surface area contributed by atoms with Crippen LogP contribution < -0.4 is 0 Å². The van der Waals surface area contributed by atoms with Crippen LogP contribution in [0.15, 0.2) is 44.7 Å². The lowest BCUT2D eigenvalue weighted by Gasteiger charge is -2.21. The van der Waals surface area contributed by atoms with Crippen molar-refractivity contribution < 1.29 is 4.42 Å². The monoisotopic (exact) mass is 509 g/mol. The number of oxazole rings is 1. The Hall–Kier alpha value is -1.35. The second-order valence-electron chi connectivity index (χ2n) is 8.13. The van der Waals surface area contributed by atoms with Crippen molar-refractivity contribution in [3.05, 3.63) is 46.4 Å². The van der Waals surface area contributed by atoms with Crippen LogP contribution in [-0.2, 0) is 12.5 Å². The lowest BCUT2D eigenvalue weighted by Crippen LogP contribution is -2.27. The largest absolute Gasteiger partial charge is 0.440 e. The SMILES string of the molecule is Cc1ncoc1-c1nnc(SCCCN2CC3CC3(c3ccc(Br)cc3)C2)n1C.Cl. The Morgan fingerprint density at radius 3 is 2.80 bits per heavy atom. The standard InChI is InChI=1S/C21H24BrN5OS.ClH/c1-14-18(28-13-23-14)19-24-25-20(26(19)2)29-9-3-8-27-11-16-10-21(16,12-27)15-4-6-17(22)7-5-15;/h4-7,13,16H,3,8-12H2,1-2H3;1H. The molecule has 2 aromatic heterocycles. The van der Waals surface area contributed by atoms with Gasteiger partial charge in [0, 0.05) is 35.8 Å². The smallest absolute Gasteiger partial charge is 0.202 e. The summed E-state index contributed by atoms with van der Waals surface area (Å²) in [6.07, 6.45) is 3.95. The number of aryl methyl sites for hydroxylation is 1. The highest BCUT2D eigenvalue weighted by molar-refractivity contribution is 9.10. The Bertz CT molecular complexity index is 1020. The number of benzene rings is 1. The third kappa shape index (κ3) is 3.95. The van der Waals surface area contributed by atoms with Crippen LogP contribution in [0.25, 0.3) is 11.6 Å². The Kier molecular flexibility index (Phi) is 6.30. The van der Waals surface area contributed by atoms with Crippen molar-refractivity contribution in [2.45, 2.75) is 30.3 Å². The van der Waals surface area contributed by atoms with Crippen LogP contribution in [0.3, 0.4) is 0 Å². The van der Waals surface area contributed by atoms with Gasteiger partial charge in [0.15, 0.2) is 17.3 Å². The first-order chi connectivity index (χ1) is 14.1. The number of fused-ring (bicyclic) bond motifs is 1. The quantitative estimate of drug-likeness (QED) is 0.339. The minimum absolute atomic E-state index is 0. The van der Waals surface area contributed by atoms with Crippen LogP contribution in [-0.4, -0.2) is 50.0 Å². The number of piperidine rings is 1. The molecular weight excluding hydrogens is 486 g/mol. The van der Waals surface area contributed by atoms with Crippen LogP contribution >= 0.6 is 40.1 Å². The molecule has 1 saturated carbocycles. The van der Waals surface area contributed by atoms with E-state index >= 15 is 0 Å². The van der Waals surface area contributed by atoms with Gasteiger partial charge in [-0.1, -0.05) is 39.8 Å². The molecule has 2 atom stereocenters. The molecule has 3 heterocycles. The maximum Gasteiger partial charge on any atom is 0.202 e. The van der Waals surface area contributed by atoms with Gasteiger partial charge in [-0.15, -0.1) is 22.6 Å². The number of likely N-dealkylation sites (tertiary alicyclic amines) is 1. The molecule has 9 heteroatoms. The molecule has 2 unspecified atom stereocenters. The maximum absolute atomic E-state index is 5.45. The molecule has 0 spiro atoms. The van der Waals surface area contributed by atoms with Gasteiger partial charge in [-0.25, -0.2) is 4.98 Å². The number of aromatic nitrogens is 4. The first kappa shape index (κ1) is 21.9. The Morgan fingerprint density at radius 2 is 2.07 bits per heavy atom. The van der Waals surface area contributed by atoms with Crippen molar-refractivity contribution in [1.29, 1.82) is 0 Å². The zero-order valence-corrected chi connectivity index (χ0v) is 20.3. The molecule has 1 aliphatic carbocycles. The lowest BCUT2D eigenvalue weighted by molar-refractivity contribution is 0.299. The molecule has 0 radical (unpaired) electrons. The zero-order chi connectivity index (χ0) is 20.0. The van der Waals surface area contributed by atoms with Gasteiger partial charge in [0.05, 0.1) is 5.69 Å². The molecule has 6 nitrogen and oxygen atoms in total. The molecular formula is C21H25BrClN5OS. The van der Waals surface area contributed by atoms with E-state index in [1.165, 1.54) is 31.5 Å². The van der Waals surface area contributed by atoms with E-state index in [9.17, 15) is 0 Å². The van der Waals surface area contributed by atoms with E-state index in [1.807, 2.05) is 18.5 Å². The second-order valence-corrected chi connectivity index (χ2v) is 10.1. The fraction of sp³-hybridized carbons (Fsp3) is 0.476. The number of rotatable bonds is 7. The van der Waals surface area contributed by atoms with Gasteiger partial charge >= 0.3 is 0 Å². The van der Waals surface area contributed by atoms with Crippen molar-refractivity contribution in [2.75, 3.05) is 25.4 Å². The van der Waals surface area contributed by atoms with Gasteiger partial charge in [-0.3, -0.25) is 0 Å². The third-order valence-corrected chi connectivity index (χ3v) is 7.90. The predicted molar refractivity (Wildman–Crippen MR) is 124 cm³/mol. The molecule has 2 aliphatic rings. The Morgan fingerprint density at radius 1 is 1.27 bits per heavy atom. The molecule has 0 bridgehead atoms. The molecule has 0 amide bonds. The summed E-state index contributed by atoms with van der Waals surface area (Å²) < 4.78 is 8.60. The van der Waals surface area contributed by atoms with E-state index < -0.39 is 0 Å². The zero-order valence-electron chi connectivity index (χ0n) is 17.0. The fourth-order valence-corrected chi connectivity index (χ4v) is 5.69. The first-order valence-corrected chi connectivity index (χ1v) is 11.8. The van der Waals surface area contributed by atoms with Gasteiger partial charge in [0.25, 0.3) is 0 Å². The molecule has 1 saturated heterocycles. The van der Waals surface area contributed by atoms with Crippen molar-refractivity contribution in [3.8, 4) is 11.6 Å². The molecule has 30 heavy (non-hydrogen) atoms. The van der Waals surface area contributed by atoms with Crippen molar-refractivity contribution in [3.63, 3.8) is 0 Å². The van der Waals surface area contributed by atoms with E-state index in [0.29, 0.717) is 11.2 Å². The number of thioether (sulfide) groups is 1. The molecule has 1 aliphatic heterocycles. The van der Waals surface area contributed by atoms with Crippen molar-refractivity contribution >= 4 is 40.1 Å². The highest BCUT2D eigenvalue weighted by Crippen LogP contribution is 2.59. The number of nitrogens with zero attached hydrogens (tertiary/aromatic N) is 5. The van der Waals surface area contributed by atoms with E-state index in [0.717, 1.165) is 45.8 Å². The van der Waals surface area contributed by atoms with E-state index in [1.54, 1.807) is 11.8 Å². The first-order valence-electron chi connectivity index (χ1n) is 9.98. The number of halogens is 2. The van der Waals surface area contributed by atoms with E-state index in [-0.39, 0.29) is 12.4 Å². The lowest BCUT2D eigenvalue weighted by atomic mass is 9.95. The van der Waals surface area contributed by atoms with Gasteiger partial charge in [-0.2, -0.15) is 0 Å². The second kappa shape index (κ2) is 8.65. The summed E-state index contributed by atoms with van der Waals surface area (Å²) >= 11 is 5.31. The summed E-state index contributed by atoms with van der Waals surface area (Å²) in [6, 6.07) is 8.94. The summed E-state index contributed by atoms with van der Waals surface area (Å²) in [4.78, 5) is 6.78. The van der Waals surface area contributed by atoms with Crippen molar-refractivity contribution in [1.82, 2.24) is 24.6 Å². The highest BCUT2D eigenvalue weighted by atomic mass is 79.9. The average molecular weight is 511 g/mol. The Balaban J connectivity index is 0.00000218. The fourth-order valence-electron chi connectivity index (χ4n) is 4.59. The molecule has 0 N–H and O–H groups in total. The third-order valence-electron chi connectivity index (χ3n) is 6.27. The summed E-state index contributed by atoms with van der Waals surface area (Å²) in [5.74, 6) is 3.30. The van der Waals surface area contributed by atoms with Crippen LogP contribution in [0.5, 0.6) is 0 Å². The summed E-state index contributed by atoms with van der Waals surface area (Å²) in [6.45, 7) is 5.50. The normalized spacial score (nSPS) is 22.7. The molecule has 3 aromatic rings. The average Bonchev–Trinajstić information content (AvgIpc) is 3.02. The summed E-state index contributed by atoms with van der Waals surface area (Å²) in [7, 11) is 1.98. The van der Waals surface area contributed by atoms with Crippen LogP contribution in [0, 0.1) is 12.8 Å². The topological polar surface area (TPSA) is 60.0 Å². The van der Waals surface area contributed by atoms with Crippen LogP contribution in [0.4, 0.5) is 0 Å². The predicted octanol–water partition coefficient (Wildman–Crippen LogP) is 4.72. The van der Waals surface area contributed by atoms with E-state index in [2.05, 4.69) is 60.3 Å². The Labute approximate surface area is 195 Å². The molecule has 2 fully saturated rings. The van der Waals surface area contributed by atoms with Gasteiger partial charge < -0.3 is 13.9 Å². The van der Waals surface area contributed by atoms with Gasteiger partial charge in [-0.05, 0) is 49.9 Å². The minimum Gasteiger partial charge on any atom is -0.440 e. The van der Waals surface area contributed by atoms with Crippen LogP contribution in [0.2, 0.25) is 0 Å². The van der Waals surface area contributed by atoms with Crippen molar-refractivity contribution in [2.24, 2.45) is 13.0 Å². The van der Waals surface area contributed by atoms with Crippen LogP contribution in [0.1, 0.15) is 24.1 Å².